The molecule has 2 heterocycles. The molecule has 24 heavy (non-hydrogen) atoms. The first kappa shape index (κ1) is 16.2. The van der Waals surface area contributed by atoms with Crippen molar-refractivity contribution in [2.45, 2.75) is 13.5 Å². The number of amides is 1. The quantitative estimate of drug-likeness (QED) is 0.688. The molecule has 0 aliphatic carbocycles. The van der Waals surface area contributed by atoms with Gasteiger partial charge in [-0.1, -0.05) is 11.2 Å². The van der Waals surface area contributed by atoms with E-state index in [2.05, 4.69) is 10.1 Å². The second-order valence-corrected chi connectivity index (χ2v) is 6.31. The summed E-state index contributed by atoms with van der Waals surface area (Å²) in [6.45, 7) is 2.34. The average molecular weight is 343 g/mol. The molecular formula is C17H17N3O3S. The molecule has 0 fully saturated rings. The minimum atomic E-state index is -0.0683. The smallest absolute Gasteiger partial charge is 0.260 e. The maximum Gasteiger partial charge on any atom is 0.260 e. The summed E-state index contributed by atoms with van der Waals surface area (Å²) in [5.41, 5.74) is 0.834. The summed E-state index contributed by atoms with van der Waals surface area (Å²) in [5.74, 6) is 1.61. The van der Waals surface area contributed by atoms with Crippen molar-refractivity contribution in [1.82, 2.24) is 15.0 Å². The Morgan fingerprint density at radius 1 is 1.29 bits per heavy atom. The number of rotatable bonds is 6. The standard InChI is InChI=1S/C17H17N3O3S/c1-12-18-17(19-23-12)13-5-7-14(8-6-13)22-11-16(21)20(2)10-15-4-3-9-24-15/h3-9H,10-11H2,1-2H3. The lowest BCUT2D eigenvalue weighted by Gasteiger charge is -2.16. The van der Waals surface area contributed by atoms with Crippen LogP contribution in [0.15, 0.2) is 46.3 Å². The van der Waals surface area contributed by atoms with Gasteiger partial charge in [0.05, 0.1) is 6.54 Å². The third-order valence-electron chi connectivity index (χ3n) is 3.40. The van der Waals surface area contributed by atoms with Gasteiger partial charge in [0.2, 0.25) is 11.7 Å². The van der Waals surface area contributed by atoms with Gasteiger partial charge in [0.1, 0.15) is 5.75 Å². The van der Waals surface area contributed by atoms with E-state index in [0.717, 1.165) is 10.4 Å². The normalized spacial score (nSPS) is 10.6. The van der Waals surface area contributed by atoms with E-state index in [1.807, 2.05) is 29.6 Å². The lowest BCUT2D eigenvalue weighted by molar-refractivity contribution is -0.132. The summed E-state index contributed by atoms with van der Waals surface area (Å²) in [6, 6.07) is 11.2. The van der Waals surface area contributed by atoms with Crippen molar-refractivity contribution < 1.29 is 14.1 Å². The van der Waals surface area contributed by atoms with Crippen molar-refractivity contribution in [3.05, 3.63) is 52.5 Å². The van der Waals surface area contributed by atoms with Crippen molar-refractivity contribution in [2.24, 2.45) is 0 Å². The molecule has 0 N–H and O–H groups in total. The molecule has 3 aromatic rings. The Morgan fingerprint density at radius 2 is 2.08 bits per heavy atom. The van der Waals surface area contributed by atoms with E-state index in [4.69, 9.17) is 9.26 Å². The largest absolute Gasteiger partial charge is 0.484 e. The van der Waals surface area contributed by atoms with Crippen LogP contribution in [0, 0.1) is 6.92 Å². The fraction of sp³-hybridized carbons (Fsp3) is 0.235. The Labute approximate surface area is 143 Å². The molecule has 2 aromatic heterocycles. The predicted octanol–water partition coefficient (Wildman–Crippen LogP) is 3.14. The number of ether oxygens (including phenoxy) is 1. The Hall–Kier alpha value is -2.67. The molecule has 0 unspecified atom stereocenters. The first-order valence-corrected chi connectivity index (χ1v) is 8.29. The summed E-state index contributed by atoms with van der Waals surface area (Å²) < 4.78 is 10.5. The van der Waals surface area contributed by atoms with Crippen LogP contribution < -0.4 is 4.74 Å². The minimum Gasteiger partial charge on any atom is -0.484 e. The molecule has 3 rings (SSSR count). The molecule has 0 bridgehead atoms. The maximum absolute atomic E-state index is 12.1. The third kappa shape index (κ3) is 3.99. The molecular weight excluding hydrogens is 326 g/mol. The molecule has 7 heteroatoms. The van der Waals surface area contributed by atoms with Crippen molar-refractivity contribution in [3.63, 3.8) is 0 Å². The number of carbonyl (C=O) groups is 1. The Bertz CT molecular complexity index is 797. The molecule has 0 aliphatic rings. The van der Waals surface area contributed by atoms with Gasteiger partial charge in [-0.15, -0.1) is 11.3 Å². The van der Waals surface area contributed by atoms with Crippen LogP contribution in [0.1, 0.15) is 10.8 Å². The fourth-order valence-electron chi connectivity index (χ4n) is 2.10. The highest BCUT2D eigenvalue weighted by Crippen LogP contribution is 2.20. The minimum absolute atomic E-state index is 0.00252. The zero-order valence-electron chi connectivity index (χ0n) is 13.4. The SMILES string of the molecule is Cc1nc(-c2ccc(OCC(=O)N(C)Cc3cccs3)cc2)no1. The molecule has 0 aliphatic heterocycles. The first-order valence-electron chi connectivity index (χ1n) is 7.42. The number of hydrogen-bond donors (Lipinski definition) is 0. The zero-order valence-corrected chi connectivity index (χ0v) is 14.2. The lowest BCUT2D eigenvalue weighted by atomic mass is 10.2. The van der Waals surface area contributed by atoms with E-state index in [9.17, 15) is 4.79 Å². The Kier molecular flexibility index (Phi) is 4.90. The van der Waals surface area contributed by atoms with Crippen molar-refractivity contribution in [2.75, 3.05) is 13.7 Å². The van der Waals surface area contributed by atoms with Crippen LogP contribution in [0.2, 0.25) is 0 Å². The van der Waals surface area contributed by atoms with Crippen LogP contribution in [0.5, 0.6) is 5.75 Å². The summed E-state index contributed by atoms with van der Waals surface area (Å²) in [6.07, 6.45) is 0. The first-order chi connectivity index (χ1) is 11.6. The third-order valence-corrected chi connectivity index (χ3v) is 4.26. The number of aryl methyl sites for hydroxylation is 1. The van der Waals surface area contributed by atoms with E-state index >= 15 is 0 Å². The van der Waals surface area contributed by atoms with E-state index in [1.54, 1.807) is 42.3 Å². The topological polar surface area (TPSA) is 68.5 Å². The van der Waals surface area contributed by atoms with Crippen molar-refractivity contribution in [1.29, 1.82) is 0 Å². The molecule has 124 valence electrons. The molecule has 1 amide bonds. The van der Waals surface area contributed by atoms with Crippen LogP contribution in [0.25, 0.3) is 11.4 Å². The van der Waals surface area contributed by atoms with Crippen LogP contribution in [0.3, 0.4) is 0 Å². The number of benzene rings is 1. The highest BCUT2D eigenvalue weighted by atomic mass is 32.1. The van der Waals surface area contributed by atoms with Crippen LogP contribution >= 0.6 is 11.3 Å². The van der Waals surface area contributed by atoms with E-state index < -0.39 is 0 Å². The molecule has 0 atom stereocenters. The highest BCUT2D eigenvalue weighted by Gasteiger charge is 2.11. The van der Waals surface area contributed by atoms with Crippen LogP contribution in [0.4, 0.5) is 0 Å². The van der Waals surface area contributed by atoms with Gasteiger partial charge < -0.3 is 14.2 Å². The van der Waals surface area contributed by atoms with E-state index in [1.165, 1.54) is 0 Å². The molecule has 1 aromatic carbocycles. The van der Waals surface area contributed by atoms with Gasteiger partial charge in [-0.05, 0) is 35.7 Å². The summed E-state index contributed by atoms with van der Waals surface area (Å²) in [4.78, 5) is 19.1. The maximum atomic E-state index is 12.1. The van der Waals surface area contributed by atoms with Crippen LogP contribution in [-0.4, -0.2) is 34.6 Å². The number of hydrogen-bond acceptors (Lipinski definition) is 6. The molecule has 0 saturated carbocycles. The van der Waals surface area contributed by atoms with E-state index in [0.29, 0.717) is 24.0 Å². The van der Waals surface area contributed by atoms with Gasteiger partial charge in [0.25, 0.3) is 5.91 Å². The zero-order chi connectivity index (χ0) is 16.9. The summed E-state index contributed by atoms with van der Waals surface area (Å²) in [7, 11) is 1.77. The summed E-state index contributed by atoms with van der Waals surface area (Å²) in [5, 5.41) is 5.86. The van der Waals surface area contributed by atoms with Gasteiger partial charge in [-0.3, -0.25) is 4.79 Å². The lowest BCUT2D eigenvalue weighted by Crippen LogP contribution is -2.30. The van der Waals surface area contributed by atoms with Gasteiger partial charge in [0.15, 0.2) is 6.61 Å². The van der Waals surface area contributed by atoms with Crippen molar-refractivity contribution in [3.8, 4) is 17.1 Å². The van der Waals surface area contributed by atoms with Gasteiger partial charge in [-0.25, -0.2) is 0 Å². The van der Waals surface area contributed by atoms with Crippen molar-refractivity contribution >= 4 is 17.2 Å². The molecule has 6 nitrogen and oxygen atoms in total. The highest BCUT2D eigenvalue weighted by molar-refractivity contribution is 7.09. The van der Waals surface area contributed by atoms with Crippen LogP contribution in [-0.2, 0) is 11.3 Å². The second-order valence-electron chi connectivity index (χ2n) is 5.28. The number of aromatic nitrogens is 2. The number of likely N-dealkylation sites (N-methyl/N-ethyl adjacent to an activating group) is 1. The molecule has 0 spiro atoms. The van der Waals surface area contributed by atoms with Gasteiger partial charge in [0, 0.05) is 24.4 Å². The Balaban J connectivity index is 1.53. The van der Waals surface area contributed by atoms with E-state index in [-0.39, 0.29) is 12.5 Å². The summed E-state index contributed by atoms with van der Waals surface area (Å²) >= 11 is 1.63. The second kappa shape index (κ2) is 7.27. The monoisotopic (exact) mass is 343 g/mol. The predicted molar refractivity (Wildman–Crippen MR) is 90.8 cm³/mol. The number of thiophene rings is 1. The molecule has 0 radical (unpaired) electrons. The number of carbonyl (C=O) groups excluding carboxylic acids is 1. The fourth-order valence-corrected chi connectivity index (χ4v) is 2.85. The van der Waals surface area contributed by atoms with Gasteiger partial charge in [-0.2, -0.15) is 4.98 Å². The van der Waals surface area contributed by atoms with Gasteiger partial charge >= 0.3 is 0 Å². The number of nitrogens with zero attached hydrogens (tertiary/aromatic N) is 3. The molecule has 0 saturated heterocycles. The Morgan fingerprint density at radius 3 is 2.71 bits per heavy atom. The average Bonchev–Trinajstić information content (AvgIpc) is 3.24.